The van der Waals surface area contributed by atoms with Crippen LogP contribution in [0.25, 0.3) is 0 Å². The molecule has 0 spiro atoms. The first kappa shape index (κ1) is 12.2. The Balaban J connectivity index is 2.46. The second-order valence-electron chi connectivity index (χ2n) is 4.23. The van der Waals surface area contributed by atoms with Crippen LogP contribution in [0.5, 0.6) is 0 Å². The highest BCUT2D eigenvalue weighted by molar-refractivity contribution is 6.44. The van der Waals surface area contributed by atoms with Gasteiger partial charge in [0.15, 0.2) is 0 Å². The van der Waals surface area contributed by atoms with E-state index in [0.29, 0.717) is 12.1 Å². The van der Waals surface area contributed by atoms with Gasteiger partial charge in [-0.2, -0.15) is 0 Å². The van der Waals surface area contributed by atoms with Crippen LogP contribution in [0, 0.1) is 0 Å². The Morgan fingerprint density at radius 3 is 2.07 bits per heavy atom. The van der Waals surface area contributed by atoms with Gasteiger partial charge in [-0.1, -0.05) is 6.42 Å². The number of rotatable bonds is 4. The summed E-state index contributed by atoms with van der Waals surface area (Å²) in [6.45, 7) is 4.62. The standard InChI is InChI=1S/C10H23NO2Si/c1-9-6-5-7-10(2)11(9)8-14(12-3)13-4/h9-10,14H,5-8H2,1-4H3/t9-,10+. The van der Waals surface area contributed by atoms with Crippen molar-refractivity contribution >= 4 is 9.28 Å². The second kappa shape index (κ2) is 5.85. The summed E-state index contributed by atoms with van der Waals surface area (Å²) in [6.07, 6.45) is 5.03. The fraction of sp³-hybridized carbons (Fsp3) is 1.00. The summed E-state index contributed by atoms with van der Waals surface area (Å²) < 4.78 is 10.7. The summed E-state index contributed by atoms with van der Waals surface area (Å²) in [5.41, 5.74) is 0. The van der Waals surface area contributed by atoms with Gasteiger partial charge < -0.3 is 8.85 Å². The molecule has 1 saturated heterocycles. The van der Waals surface area contributed by atoms with Gasteiger partial charge in [-0.25, -0.2) is 0 Å². The van der Waals surface area contributed by atoms with E-state index in [0.717, 1.165) is 6.17 Å². The SMILES string of the molecule is CO[SiH](CN1[C@H](C)CCC[C@@H]1C)OC. The van der Waals surface area contributed by atoms with E-state index in [1.807, 2.05) is 0 Å². The minimum Gasteiger partial charge on any atom is -0.399 e. The molecule has 0 amide bonds. The summed E-state index contributed by atoms with van der Waals surface area (Å²) in [6, 6.07) is 1.39. The van der Waals surface area contributed by atoms with Gasteiger partial charge >= 0.3 is 9.28 Å². The molecule has 1 rings (SSSR count). The van der Waals surface area contributed by atoms with Crippen LogP contribution in [0.4, 0.5) is 0 Å². The molecule has 0 radical (unpaired) electrons. The monoisotopic (exact) mass is 217 g/mol. The van der Waals surface area contributed by atoms with Crippen molar-refractivity contribution in [3.8, 4) is 0 Å². The highest BCUT2D eigenvalue weighted by atomic mass is 28.3. The van der Waals surface area contributed by atoms with E-state index >= 15 is 0 Å². The Labute approximate surface area is 89.2 Å². The zero-order valence-electron chi connectivity index (χ0n) is 9.82. The first-order valence-corrected chi connectivity index (χ1v) is 7.26. The third kappa shape index (κ3) is 3.05. The van der Waals surface area contributed by atoms with Crippen molar-refractivity contribution in [3.63, 3.8) is 0 Å². The van der Waals surface area contributed by atoms with E-state index in [9.17, 15) is 0 Å². The van der Waals surface area contributed by atoms with Gasteiger partial charge in [-0.3, -0.25) is 4.90 Å². The largest absolute Gasteiger partial charge is 0.399 e. The van der Waals surface area contributed by atoms with Crippen molar-refractivity contribution in [3.05, 3.63) is 0 Å². The fourth-order valence-electron chi connectivity index (χ4n) is 2.25. The molecular formula is C10H23NO2Si. The lowest BCUT2D eigenvalue weighted by Crippen LogP contribution is -2.49. The van der Waals surface area contributed by atoms with Crippen LogP contribution in [0.1, 0.15) is 33.1 Å². The fourth-order valence-corrected chi connectivity index (χ4v) is 3.81. The number of nitrogens with zero attached hydrogens (tertiary/aromatic N) is 1. The molecule has 1 aliphatic rings. The van der Waals surface area contributed by atoms with Crippen molar-refractivity contribution in [2.24, 2.45) is 0 Å². The zero-order chi connectivity index (χ0) is 10.6. The Morgan fingerprint density at radius 1 is 1.14 bits per heavy atom. The van der Waals surface area contributed by atoms with E-state index in [1.165, 1.54) is 19.3 Å². The average Bonchev–Trinajstić information content (AvgIpc) is 2.18. The zero-order valence-corrected chi connectivity index (χ0v) is 11.0. The molecule has 2 atom stereocenters. The summed E-state index contributed by atoms with van der Waals surface area (Å²) in [5, 5.41) is 0. The average molecular weight is 217 g/mol. The molecule has 0 bridgehead atoms. The molecule has 14 heavy (non-hydrogen) atoms. The first-order chi connectivity index (χ1) is 6.69. The Morgan fingerprint density at radius 2 is 1.64 bits per heavy atom. The van der Waals surface area contributed by atoms with Crippen molar-refractivity contribution in [1.29, 1.82) is 0 Å². The molecule has 0 unspecified atom stereocenters. The minimum absolute atomic E-state index is 0.694. The van der Waals surface area contributed by atoms with Gasteiger partial charge in [0.05, 0.1) is 0 Å². The second-order valence-corrected chi connectivity index (χ2v) is 6.39. The van der Waals surface area contributed by atoms with E-state index in [4.69, 9.17) is 8.85 Å². The molecule has 0 aromatic rings. The predicted molar refractivity (Wildman–Crippen MR) is 60.6 cm³/mol. The van der Waals surface area contributed by atoms with Gasteiger partial charge in [-0.15, -0.1) is 0 Å². The van der Waals surface area contributed by atoms with E-state index < -0.39 is 9.28 Å². The first-order valence-electron chi connectivity index (χ1n) is 5.50. The van der Waals surface area contributed by atoms with Crippen LogP contribution in [0.2, 0.25) is 0 Å². The van der Waals surface area contributed by atoms with Gasteiger partial charge in [0.1, 0.15) is 0 Å². The molecule has 84 valence electrons. The van der Waals surface area contributed by atoms with Gasteiger partial charge in [-0.05, 0) is 26.7 Å². The quantitative estimate of drug-likeness (QED) is 0.663. The third-order valence-corrected chi connectivity index (χ3v) is 5.03. The lowest BCUT2D eigenvalue weighted by Gasteiger charge is -2.39. The molecule has 0 saturated carbocycles. The Hall–Kier alpha value is 0.0969. The van der Waals surface area contributed by atoms with Gasteiger partial charge in [0, 0.05) is 32.5 Å². The molecule has 1 aliphatic heterocycles. The molecular weight excluding hydrogens is 194 g/mol. The van der Waals surface area contributed by atoms with Gasteiger partial charge in [0.2, 0.25) is 0 Å². The minimum atomic E-state index is -1.42. The predicted octanol–water partition coefficient (Wildman–Crippen LogP) is 1.30. The number of hydrogen-bond acceptors (Lipinski definition) is 3. The maximum absolute atomic E-state index is 5.37. The van der Waals surface area contributed by atoms with E-state index in [-0.39, 0.29) is 0 Å². The molecule has 4 heteroatoms. The molecule has 3 nitrogen and oxygen atoms in total. The maximum Gasteiger partial charge on any atom is 0.335 e. The molecule has 0 N–H and O–H groups in total. The topological polar surface area (TPSA) is 21.7 Å². The molecule has 0 aromatic carbocycles. The van der Waals surface area contributed by atoms with Crippen molar-refractivity contribution < 1.29 is 8.85 Å². The molecule has 0 aromatic heterocycles. The van der Waals surface area contributed by atoms with E-state index in [1.54, 1.807) is 14.2 Å². The number of piperidine rings is 1. The highest BCUT2D eigenvalue weighted by Gasteiger charge is 2.27. The van der Waals surface area contributed by atoms with Crippen LogP contribution in [0.15, 0.2) is 0 Å². The highest BCUT2D eigenvalue weighted by Crippen LogP contribution is 2.22. The Bertz CT molecular complexity index is 154. The summed E-state index contributed by atoms with van der Waals surface area (Å²) >= 11 is 0. The van der Waals surface area contributed by atoms with Crippen LogP contribution < -0.4 is 0 Å². The lowest BCUT2D eigenvalue weighted by molar-refractivity contribution is 0.109. The molecule has 0 aliphatic carbocycles. The Kier molecular flexibility index (Phi) is 5.09. The summed E-state index contributed by atoms with van der Waals surface area (Å²) in [7, 11) is 2.11. The number of hydrogen-bond donors (Lipinski definition) is 0. The number of likely N-dealkylation sites (tertiary alicyclic amines) is 1. The van der Waals surface area contributed by atoms with Crippen LogP contribution in [-0.2, 0) is 8.85 Å². The van der Waals surface area contributed by atoms with Crippen molar-refractivity contribution in [2.75, 3.05) is 20.4 Å². The maximum atomic E-state index is 5.37. The summed E-state index contributed by atoms with van der Waals surface area (Å²) in [5.74, 6) is 0. The van der Waals surface area contributed by atoms with Crippen LogP contribution in [0.3, 0.4) is 0 Å². The van der Waals surface area contributed by atoms with E-state index in [2.05, 4.69) is 18.7 Å². The lowest BCUT2D eigenvalue weighted by atomic mass is 9.99. The normalized spacial score (nSPS) is 29.8. The summed E-state index contributed by atoms with van der Waals surface area (Å²) in [4.78, 5) is 2.55. The van der Waals surface area contributed by atoms with Gasteiger partial charge in [0.25, 0.3) is 0 Å². The smallest absolute Gasteiger partial charge is 0.335 e. The molecule has 1 heterocycles. The molecule has 1 fully saturated rings. The van der Waals surface area contributed by atoms with Crippen molar-refractivity contribution in [2.45, 2.75) is 45.2 Å². The van der Waals surface area contributed by atoms with Crippen molar-refractivity contribution in [1.82, 2.24) is 4.90 Å². The third-order valence-electron chi connectivity index (χ3n) is 3.26. The van der Waals surface area contributed by atoms with Crippen LogP contribution >= 0.6 is 0 Å². The van der Waals surface area contributed by atoms with Crippen LogP contribution in [-0.4, -0.2) is 46.7 Å².